The molecule has 2 amide bonds. The number of urea groups is 1. The Morgan fingerprint density at radius 2 is 2.05 bits per heavy atom. The second-order valence-electron chi connectivity index (χ2n) is 4.51. The van der Waals surface area contributed by atoms with Gasteiger partial charge in [-0.3, -0.25) is 9.36 Å². The van der Waals surface area contributed by atoms with E-state index in [1.54, 1.807) is 12.1 Å². The number of aromatic nitrogens is 2. The van der Waals surface area contributed by atoms with Gasteiger partial charge in [-0.25, -0.2) is 9.78 Å². The highest BCUT2D eigenvalue weighted by molar-refractivity contribution is 5.89. The quantitative estimate of drug-likeness (QED) is 0.877. The fourth-order valence-corrected chi connectivity index (χ4v) is 1.81. The van der Waals surface area contributed by atoms with Gasteiger partial charge in [0.25, 0.3) is 5.56 Å². The lowest BCUT2D eigenvalue weighted by molar-refractivity contribution is 0.251. The third kappa shape index (κ3) is 4.45. The van der Waals surface area contributed by atoms with Crippen LogP contribution in [0.2, 0.25) is 0 Å². The smallest absolute Gasteiger partial charge is 0.319 e. The van der Waals surface area contributed by atoms with Gasteiger partial charge in [-0.05, 0) is 18.6 Å². The number of nitrogens with zero attached hydrogens (tertiary/aromatic N) is 2. The molecule has 0 radical (unpaired) electrons. The van der Waals surface area contributed by atoms with Gasteiger partial charge in [0, 0.05) is 30.5 Å². The van der Waals surface area contributed by atoms with Gasteiger partial charge in [0.15, 0.2) is 0 Å². The number of benzene rings is 1. The summed E-state index contributed by atoms with van der Waals surface area (Å²) in [5.74, 6) is 0. The van der Waals surface area contributed by atoms with Crippen LogP contribution in [-0.4, -0.2) is 22.1 Å². The molecule has 2 aromatic rings. The zero-order chi connectivity index (χ0) is 15.1. The van der Waals surface area contributed by atoms with Crippen LogP contribution in [0.5, 0.6) is 0 Å². The van der Waals surface area contributed by atoms with Gasteiger partial charge in [-0.2, -0.15) is 0 Å². The lowest BCUT2D eigenvalue weighted by Gasteiger charge is -2.09. The van der Waals surface area contributed by atoms with Gasteiger partial charge in [-0.15, -0.1) is 0 Å². The number of amides is 2. The molecule has 0 atom stereocenters. The zero-order valence-electron chi connectivity index (χ0n) is 11.9. The summed E-state index contributed by atoms with van der Waals surface area (Å²) < 4.78 is 1.47. The molecule has 6 heteroatoms. The molecule has 2 N–H and O–H groups in total. The number of aryl methyl sites for hydroxylation is 1. The number of anilines is 1. The molecule has 0 aliphatic carbocycles. The Morgan fingerprint density at radius 1 is 1.29 bits per heavy atom. The molecule has 0 spiro atoms. The SMILES string of the molecule is CCc1cc(=O)n(CCNC(=O)Nc2ccccc2)cn1. The van der Waals surface area contributed by atoms with E-state index in [2.05, 4.69) is 15.6 Å². The van der Waals surface area contributed by atoms with E-state index in [0.717, 1.165) is 17.8 Å². The monoisotopic (exact) mass is 286 g/mol. The summed E-state index contributed by atoms with van der Waals surface area (Å²) in [6.45, 7) is 2.69. The molecule has 1 aromatic heterocycles. The number of para-hydroxylation sites is 1. The van der Waals surface area contributed by atoms with Crippen LogP contribution in [0.25, 0.3) is 0 Å². The summed E-state index contributed by atoms with van der Waals surface area (Å²) in [5.41, 5.74) is 1.39. The predicted molar refractivity (Wildman–Crippen MR) is 81.3 cm³/mol. The van der Waals surface area contributed by atoms with Crippen LogP contribution in [0.4, 0.5) is 10.5 Å². The van der Waals surface area contributed by atoms with Crippen LogP contribution in [-0.2, 0) is 13.0 Å². The first-order chi connectivity index (χ1) is 10.2. The average Bonchev–Trinajstić information content (AvgIpc) is 2.50. The summed E-state index contributed by atoms with van der Waals surface area (Å²) in [5, 5.41) is 5.41. The molecule has 0 saturated heterocycles. The summed E-state index contributed by atoms with van der Waals surface area (Å²) in [7, 11) is 0. The highest BCUT2D eigenvalue weighted by Gasteiger charge is 2.02. The maximum atomic E-state index is 11.8. The van der Waals surface area contributed by atoms with Gasteiger partial charge >= 0.3 is 6.03 Å². The topological polar surface area (TPSA) is 76.0 Å². The number of rotatable bonds is 5. The molecule has 2 rings (SSSR count). The maximum Gasteiger partial charge on any atom is 0.319 e. The van der Waals surface area contributed by atoms with Crippen molar-refractivity contribution < 1.29 is 4.79 Å². The van der Waals surface area contributed by atoms with Crippen molar-refractivity contribution in [2.75, 3.05) is 11.9 Å². The van der Waals surface area contributed by atoms with E-state index in [1.165, 1.54) is 17.0 Å². The third-order valence-electron chi connectivity index (χ3n) is 2.97. The first-order valence-corrected chi connectivity index (χ1v) is 6.84. The zero-order valence-corrected chi connectivity index (χ0v) is 11.9. The van der Waals surface area contributed by atoms with Gasteiger partial charge in [0.1, 0.15) is 0 Å². The Kier molecular flexibility index (Phi) is 5.09. The number of carbonyl (C=O) groups is 1. The standard InChI is InChI=1S/C15H18N4O2/c1-2-12-10-14(20)19(11-17-12)9-8-16-15(21)18-13-6-4-3-5-7-13/h3-7,10-11H,2,8-9H2,1H3,(H2,16,18,21). The largest absolute Gasteiger partial charge is 0.336 e. The molecule has 0 saturated carbocycles. The van der Waals surface area contributed by atoms with Crippen LogP contribution >= 0.6 is 0 Å². The van der Waals surface area contributed by atoms with E-state index in [0.29, 0.717) is 13.1 Å². The summed E-state index contributed by atoms with van der Waals surface area (Å²) >= 11 is 0. The lowest BCUT2D eigenvalue weighted by Crippen LogP contribution is -2.33. The van der Waals surface area contributed by atoms with Crippen molar-refractivity contribution in [2.24, 2.45) is 0 Å². The van der Waals surface area contributed by atoms with E-state index in [9.17, 15) is 9.59 Å². The van der Waals surface area contributed by atoms with Crippen LogP contribution in [0.15, 0.2) is 47.5 Å². The number of hydrogen-bond donors (Lipinski definition) is 2. The van der Waals surface area contributed by atoms with E-state index in [1.807, 2.05) is 25.1 Å². The molecule has 0 unspecified atom stereocenters. The minimum atomic E-state index is -0.299. The normalized spacial score (nSPS) is 10.1. The highest BCUT2D eigenvalue weighted by atomic mass is 16.2. The van der Waals surface area contributed by atoms with E-state index in [4.69, 9.17) is 0 Å². The van der Waals surface area contributed by atoms with Crippen LogP contribution in [0, 0.1) is 0 Å². The fraction of sp³-hybridized carbons (Fsp3) is 0.267. The maximum absolute atomic E-state index is 11.8. The first-order valence-electron chi connectivity index (χ1n) is 6.84. The number of nitrogens with one attached hydrogen (secondary N) is 2. The van der Waals surface area contributed by atoms with Crippen molar-refractivity contribution in [3.8, 4) is 0 Å². The third-order valence-corrected chi connectivity index (χ3v) is 2.97. The fourth-order valence-electron chi connectivity index (χ4n) is 1.81. The van der Waals surface area contributed by atoms with Crippen molar-refractivity contribution in [2.45, 2.75) is 19.9 Å². The second kappa shape index (κ2) is 7.23. The molecule has 0 aliphatic rings. The second-order valence-corrected chi connectivity index (χ2v) is 4.51. The Labute approximate surface area is 122 Å². The highest BCUT2D eigenvalue weighted by Crippen LogP contribution is 2.03. The Hall–Kier alpha value is -2.63. The van der Waals surface area contributed by atoms with Gasteiger partial charge in [-0.1, -0.05) is 25.1 Å². The molecule has 1 aromatic carbocycles. The number of hydrogen-bond acceptors (Lipinski definition) is 3. The predicted octanol–water partition coefficient (Wildman–Crippen LogP) is 1.63. The van der Waals surface area contributed by atoms with Crippen molar-refractivity contribution in [3.05, 3.63) is 58.8 Å². The van der Waals surface area contributed by atoms with E-state index in [-0.39, 0.29) is 11.6 Å². The summed E-state index contributed by atoms with van der Waals surface area (Å²) in [4.78, 5) is 27.6. The van der Waals surface area contributed by atoms with E-state index < -0.39 is 0 Å². The van der Waals surface area contributed by atoms with Crippen molar-refractivity contribution in [1.29, 1.82) is 0 Å². The molecular formula is C15H18N4O2. The Balaban J connectivity index is 1.81. The molecule has 6 nitrogen and oxygen atoms in total. The van der Waals surface area contributed by atoms with Gasteiger partial charge in [0.05, 0.1) is 6.33 Å². The van der Waals surface area contributed by atoms with Crippen molar-refractivity contribution >= 4 is 11.7 Å². The lowest BCUT2D eigenvalue weighted by atomic mass is 10.3. The minimum absolute atomic E-state index is 0.105. The molecular weight excluding hydrogens is 268 g/mol. The average molecular weight is 286 g/mol. The number of carbonyl (C=O) groups excluding carboxylic acids is 1. The van der Waals surface area contributed by atoms with Crippen LogP contribution in [0.3, 0.4) is 0 Å². The molecule has 21 heavy (non-hydrogen) atoms. The van der Waals surface area contributed by atoms with Crippen LogP contribution < -0.4 is 16.2 Å². The summed E-state index contributed by atoms with van der Waals surface area (Å²) in [6.07, 6.45) is 2.24. The molecule has 0 fully saturated rings. The van der Waals surface area contributed by atoms with Crippen molar-refractivity contribution in [1.82, 2.24) is 14.9 Å². The molecule has 110 valence electrons. The van der Waals surface area contributed by atoms with Crippen molar-refractivity contribution in [3.63, 3.8) is 0 Å². The van der Waals surface area contributed by atoms with Gasteiger partial charge in [0.2, 0.25) is 0 Å². The molecule has 0 aliphatic heterocycles. The Bertz CT molecular complexity index is 652. The van der Waals surface area contributed by atoms with E-state index >= 15 is 0 Å². The van der Waals surface area contributed by atoms with Crippen LogP contribution in [0.1, 0.15) is 12.6 Å². The minimum Gasteiger partial charge on any atom is -0.336 e. The first kappa shape index (κ1) is 14.8. The molecule has 1 heterocycles. The van der Waals surface area contributed by atoms with Gasteiger partial charge < -0.3 is 10.6 Å². The molecule has 0 bridgehead atoms. The Morgan fingerprint density at radius 3 is 2.71 bits per heavy atom. The summed E-state index contributed by atoms with van der Waals surface area (Å²) in [6, 6.07) is 10.4.